The van der Waals surface area contributed by atoms with Crippen molar-refractivity contribution in [3.63, 3.8) is 0 Å². The molecule has 0 fully saturated rings. The lowest BCUT2D eigenvalue weighted by Gasteiger charge is -2.09. The lowest BCUT2D eigenvalue weighted by molar-refractivity contribution is 1.07. The Labute approximate surface area is 249 Å². The molecule has 0 radical (unpaired) electrons. The molecular formula is C39H26N4. The Bertz CT molecular complexity index is 2160. The van der Waals surface area contributed by atoms with Gasteiger partial charge in [-0.05, 0) is 46.7 Å². The normalized spacial score (nSPS) is 11.3. The Kier molecular flexibility index (Phi) is 6.08. The first-order valence-corrected chi connectivity index (χ1v) is 14.4. The fourth-order valence-electron chi connectivity index (χ4n) is 5.71. The van der Waals surface area contributed by atoms with Gasteiger partial charge in [0.25, 0.3) is 0 Å². The molecule has 0 aliphatic carbocycles. The number of fused-ring (bicyclic) bond motifs is 2. The van der Waals surface area contributed by atoms with Crippen LogP contribution in [0.1, 0.15) is 0 Å². The molecule has 2 aromatic heterocycles. The molecule has 0 N–H and O–H groups in total. The number of rotatable bonds is 5. The zero-order valence-electron chi connectivity index (χ0n) is 23.3. The second-order valence-electron chi connectivity index (χ2n) is 10.6. The highest BCUT2D eigenvalue weighted by Crippen LogP contribution is 2.37. The molecule has 4 heteroatoms. The van der Waals surface area contributed by atoms with Crippen LogP contribution in [-0.2, 0) is 0 Å². The number of para-hydroxylation sites is 1. The van der Waals surface area contributed by atoms with Crippen LogP contribution in [0.25, 0.3) is 72.7 Å². The van der Waals surface area contributed by atoms with Crippen LogP contribution >= 0.6 is 0 Å². The van der Waals surface area contributed by atoms with E-state index in [2.05, 4.69) is 102 Å². The average Bonchev–Trinajstić information content (AvgIpc) is 3.46. The zero-order chi connectivity index (χ0) is 28.6. The molecule has 0 spiro atoms. The SMILES string of the molecule is c1ccc(-c2nc(-c3ccccc3)nc(-c3cccc(-c4cn(-c5ccccc5)c5cc6ccccc6cc45)c3)n2)cc1. The van der Waals surface area contributed by atoms with Crippen molar-refractivity contribution in [3.05, 3.63) is 158 Å². The third-order valence-corrected chi connectivity index (χ3v) is 7.84. The zero-order valence-corrected chi connectivity index (χ0v) is 23.3. The Morgan fingerprint density at radius 1 is 0.395 bits per heavy atom. The number of aromatic nitrogens is 4. The Hall–Kier alpha value is -5.87. The van der Waals surface area contributed by atoms with E-state index in [0.29, 0.717) is 17.5 Å². The van der Waals surface area contributed by atoms with Gasteiger partial charge in [0.15, 0.2) is 17.5 Å². The molecule has 0 saturated heterocycles. The van der Waals surface area contributed by atoms with Crippen LogP contribution in [0.4, 0.5) is 0 Å². The first-order valence-electron chi connectivity index (χ1n) is 14.4. The molecule has 0 atom stereocenters. The van der Waals surface area contributed by atoms with Gasteiger partial charge in [0.1, 0.15) is 0 Å². The van der Waals surface area contributed by atoms with Crippen LogP contribution < -0.4 is 0 Å². The van der Waals surface area contributed by atoms with E-state index in [-0.39, 0.29) is 0 Å². The second kappa shape index (κ2) is 10.5. The van der Waals surface area contributed by atoms with Gasteiger partial charge >= 0.3 is 0 Å². The Balaban J connectivity index is 1.32. The maximum absolute atomic E-state index is 4.96. The van der Waals surface area contributed by atoms with Gasteiger partial charge in [0.2, 0.25) is 0 Å². The van der Waals surface area contributed by atoms with E-state index in [1.54, 1.807) is 0 Å². The Morgan fingerprint density at radius 2 is 0.884 bits per heavy atom. The van der Waals surface area contributed by atoms with Crippen molar-refractivity contribution < 1.29 is 0 Å². The van der Waals surface area contributed by atoms with E-state index >= 15 is 0 Å². The molecule has 0 saturated carbocycles. The molecule has 43 heavy (non-hydrogen) atoms. The van der Waals surface area contributed by atoms with Crippen molar-refractivity contribution in [2.45, 2.75) is 0 Å². The summed E-state index contributed by atoms with van der Waals surface area (Å²) in [6.45, 7) is 0. The summed E-state index contributed by atoms with van der Waals surface area (Å²) in [7, 11) is 0. The van der Waals surface area contributed by atoms with Gasteiger partial charge in [0, 0.05) is 39.5 Å². The van der Waals surface area contributed by atoms with Crippen molar-refractivity contribution in [2.24, 2.45) is 0 Å². The minimum absolute atomic E-state index is 0.645. The first kappa shape index (κ1) is 24.9. The van der Waals surface area contributed by atoms with Gasteiger partial charge in [0.05, 0.1) is 5.52 Å². The molecule has 8 rings (SSSR count). The van der Waals surface area contributed by atoms with E-state index < -0.39 is 0 Å². The summed E-state index contributed by atoms with van der Waals surface area (Å²) in [5.74, 6) is 1.95. The minimum atomic E-state index is 0.645. The summed E-state index contributed by atoms with van der Waals surface area (Å²) >= 11 is 0. The van der Waals surface area contributed by atoms with E-state index in [1.165, 1.54) is 21.7 Å². The number of benzene rings is 6. The van der Waals surface area contributed by atoms with Gasteiger partial charge in [-0.2, -0.15) is 0 Å². The fraction of sp³-hybridized carbons (Fsp3) is 0. The maximum atomic E-state index is 4.96. The highest BCUT2D eigenvalue weighted by Gasteiger charge is 2.16. The molecule has 0 aliphatic rings. The molecule has 0 aliphatic heterocycles. The van der Waals surface area contributed by atoms with Crippen molar-refractivity contribution in [3.8, 4) is 51.0 Å². The first-order chi connectivity index (χ1) is 21.3. The van der Waals surface area contributed by atoms with Crippen molar-refractivity contribution >= 4 is 21.7 Å². The topological polar surface area (TPSA) is 43.6 Å². The smallest absolute Gasteiger partial charge is 0.164 e. The largest absolute Gasteiger partial charge is 0.316 e. The summed E-state index contributed by atoms with van der Waals surface area (Å²) < 4.78 is 2.29. The van der Waals surface area contributed by atoms with Gasteiger partial charge in [-0.3, -0.25) is 0 Å². The molecule has 202 valence electrons. The van der Waals surface area contributed by atoms with Crippen LogP contribution in [-0.4, -0.2) is 19.5 Å². The Morgan fingerprint density at radius 3 is 1.51 bits per heavy atom. The highest BCUT2D eigenvalue weighted by molar-refractivity contribution is 6.05. The van der Waals surface area contributed by atoms with E-state index in [0.717, 1.165) is 33.5 Å². The maximum Gasteiger partial charge on any atom is 0.164 e. The number of hydrogen-bond donors (Lipinski definition) is 0. The van der Waals surface area contributed by atoms with E-state index in [9.17, 15) is 0 Å². The van der Waals surface area contributed by atoms with Gasteiger partial charge in [-0.25, -0.2) is 15.0 Å². The van der Waals surface area contributed by atoms with Crippen molar-refractivity contribution in [2.75, 3.05) is 0 Å². The molecule has 2 heterocycles. The summed E-state index contributed by atoms with van der Waals surface area (Å²) in [5.41, 5.74) is 7.42. The van der Waals surface area contributed by atoms with E-state index in [4.69, 9.17) is 15.0 Å². The van der Waals surface area contributed by atoms with Crippen LogP contribution in [0.3, 0.4) is 0 Å². The third kappa shape index (κ3) is 4.65. The number of hydrogen-bond acceptors (Lipinski definition) is 3. The van der Waals surface area contributed by atoms with Gasteiger partial charge < -0.3 is 4.57 Å². The molecular weight excluding hydrogens is 524 g/mol. The van der Waals surface area contributed by atoms with Gasteiger partial charge in [-0.1, -0.05) is 121 Å². The quantitative estimate of drug-likeness (QED) is 0.214. The molecule has 0 amide bonds. The van der Waals surface area contributed by atoms with Crippen molar-refractivity contribution in [1.82, 2.24) is 19.5 Å². The molecule has 0 unspecified atom stereocenters. The standard InChI is InChI=1S/C39H26N4/c1-4-13-27(14-5-1)37-40-38(28-15-6-2-7-16-28)42-39(41-37)32-20-12-19-31(23-32)35-26-43(33-21-8-3-9-22-33)36-25-30-18-11-10-17-29(30)24-34(35)36/h1-26H. The summed E-state index contributed by atoms with van der Waals surface area (Å²) in [5, 5.41) is 3.64. The van der Waals surface area contributed by atoms with Crippen LogP contribution in [0.5, 0.6) is 0 Å². The van der Waals surface area contributed by atoms with Gasteiger partial charge in [-0.15, -0.1) is 0 Å². The summed E-state index contributed by atoms with van der Waals surface area (Å²) in [6, 6.07) is 52.3. The summed E-state index contributed by atoms with van der Waals surface area (Å²) in [4.78, 5) is 14.8. The minimum Gasteiger partial charge on any atom is -0.316 e. The lowest BCUT2D eigenvalue weighted by Crippen LogP contribution is -2.00. The average molecular weight is 551 g/mol. The highest BCUT2D eigenvalue weighted by atomic mass is 15.0. The molecule has 4 nitrogen and oxygen atoms in total. The number of nitrogens with zero attached hydrogens (tertiary/aromatic N) is 4. The van der Waals surface area contributed by atoms with E-state index in [1.807, 2.05) is 60.7 Å². The molecule has 8 aromatic rings. The fourth-order valence-corrected chi connectivity index (χ4v) is 5.71. The monoisotopic (exact) mass is 550 g/mol. The lowest BCUT2D eigenvalue weighted by atomic mass is 10.00. The van der Waals surface area contributed by atoms with Crippen LogP contribution in [0, 0.1) is 0 Å². The van der Waals surface area contributed by atoms with Crippen molar-refractivity contribution in [1.29, 1.82) is 0 Å². The molecule has 6 aromatic carbocycles. The predicted octanol–water partition coefficient (Wildman–Crippen LogP) is 9.64. The second-order valence-corrected chi connectivity index (χ2v) is 10.6. The predicted molar refractivity (Wildman–Crippen MR) is 176 cm³/mol. The molecule has 0 bridgehead atoms. The van der Waals surface area contributed by atoms with Crippen LogP contribution in [0.2, 0.25) is 0 Å². The third-order valence-electron chi connectivity index (χ3n) is 7.84. The summed E-state index contributed by atoms with van der Waals surface area (Å²) in [6.07, 6.45) is 2.25. The van der Waals surface area contributed by atoms with Crippen LogP contribution in [0.15, 0.2) is 158 Å².